The first kappa shape index (κ1) is 19.6. The van der Waals surface area contributed by atoms with Crippen molar-refractivity contribution in [2.75, 3.05) is 6.61 Å². The fraction of sp³-hybridized carbons (Fsp3) is 0.474. The summed E-state index contributed by atoms with van der Waals surface area (Å²) in [5.74, 6) is -2.27. The average Bonchev–Trinajstić information content (AvgIpc) is 2.82. The van der Waals surface area contributed by atoms with E-state index in [0.717, 1.165) is 23.3 Å². The van der Waals surface area contributed by atoms with Gasteiger partial charge in [-0.1, -0.05) is 25.0 Å². The van der Waals surface area contributed by atoms with E-state index in [4.69, 9.17) is 4.74 Å². The van der Waals surface area contributed by atoms with Crippen molar-refractivity contribution >= 4 is 23.7 Å². The Labute approximate surface area is 152 Å². The summed E-state index contributed by atoms with van der Waals surface area (Å²) in [6.07, 6.45) is 1.75. The molecule has 0 fully saturated rings. The van der Waals surface area contributed by atoms with Gasteiger partial charge >= 0.3 is 5.97 Å². The monoisotopic (exact) mass is 360 g/mol. The predicted molar refractivity (Wildman–Crippen MR) is 94.6 cm³/mol. The Kier molecular flexibility index (Phi) is 6.13. The van der Waals surface area contributed by atoms with Gasteiger partial charge in [0.05, 0.1) is 11.1 Å². The Bertz CT molecular complexity index is 743. The molecule has 0 aliphatic carbocycles. The van der Waals surface area contributed by atoms with Gasteiger partial charge in [0.1, 0.15) is 6.04 Å². The van der Waals surface area contributed by atoms with Crippen molar-refractivity contribution in [3.63, 3.8) is 0 Å². The SMILES string of the molecule is CCCC(C)NC(=O)COC(=O)C(C)N1C(=O)c2ccc(C)cc2C1=O. The molecule has 0 bridgehead atoms. The number of hydrogen-bond acceptors (Lipinski definition) is 5. The molecule has 1 aliphatic rings. The topological polar surface area (TPSA) is 92.8 Å². The summed E-state index contributed by atoms with van der Waals surface area (Å²) in [6, 6.07) is 3.81. The van der Waals surface area contributed by atoms with Gasteiger partial charge in [0.15, 0.2) is 6.61 Å². The van der Waals surface area contributed by atoms with Crippen molar-refractivity contribution in [3.8, 4) is 0 Å². The maximum absolute atomic E-state index is 12.5. The molecule has 0 saturated carbocycles. The highest BCUT2D eigenvalue weighted by atomic mass is 16.5. The van der Waals surface area contributed by atoms with Crippen molar-refractivity contribution in [3.05, 3.63) is 34.9 Å². The molecule has 1 N–H and O–H groups in total. The highest BCUT2D eigenvalue weighted by molar-refractivity contribution is 6.22. The van der Waals surface area contributed by atoms with Crippen LogP contribution in [0.3, 0.4) is 0 Å². The lowest BCUT2D eigenvalue weighted by molar-refractivity contribution is -0.152. The van der Waals surface area contributed by atoms with E-state index >= 15 is 0 Å². The molecular formula is C19H24N2O5. The second kappa shape index (κ2) is 8.12. The zero-order chi connectivity index (χ0) is 19.4. The Morgan fingerprint density at radius 2 is 1.81 bits per heavy atom. The third-order valence-corrected chi connectivity index (χ3v) is 4.28. The van der Waals surface area contributed by atoms with Gasteiger partial charge in [0, 0.05) is 6.04 Å². The van der Waals surface area contributed by atoms with E-state index in [2.05, 4.69) is 5.32 Å². The lowest BCUT2D eigenvalue weighted by atomic mass is 10.1. The van der Waals surface area contributed by atoms with Crippen LogP contribution in [0, 0.1) is 6.92 Å². The minimum absolute atomic E-state index is 0.0110. The lowest BCUT2D eigenvalue weighted by Crippen LogP contribution is -2.45. The molecule has 26 heavy (non-hydrogen) atoms. The number of carbonyl (C=O) groups is 4. The summed E-state index contributed by atoms with van der Waals surface area (Å²) in [6.45, 7) is 6.66. The van der Waals surface area contributed by atoms with Crippen molar-refractivity contribution in [1.29, 1.82) is 0 Å². The maximum Gasteiger partial charge on any atom is 0.329 e. The van der Waals surface area contributed by atoms with Crippen LogP contribution in [0.1, 0.15) is 59.9 Å². The molecule has 1 heterocycles. The van der Waals surface area contributed by atoms with Crippen LogP contribution < -0.4 is 5.32 Å². The molecule has 2 unspecified atom stereocenters. The van der Waals surface area contributed by atoms with E-state index in [1.807, 2.05) is 20.8 Å². The third kappa shape index (κ3) is 4.09. The van der Waals surface area contributed by atoms with Crippen molar-refractivity contribution < 1.29 is 23.9 Å². The minimum Gasteiger partial charge on any atom is -0.454 e. The lowest BCUT2D eigenvalue weighted by Gasteiger charge is -2.21. The van der Waals surface area contributed by atoms with Crippen LogP contribution >= 0.6 is 0 Å². The molecule has 0 saturated heterocycles. The molecular weight excluding hydrogens is 336 g/mol. The number of aryl methyl sites for hydroxylation is 1. The van der Waals surface area contributed by atoms with E-state index in [1.165, 1.54) is 6.92 Å². The van der Waals surface area contributed by atoms with Crippen LogP contribution in [-0.2, 0) is 14.3 Å². The molecule has 2 rings (SSSR count). The van der Waals surface area contributed by atoms with Crippen LogP contribution in [-0.4, -0.2) is 47.3 Å². The van der Waals surface area contributed by atoms with Crippen molar-refractivity contribution in [2.24, 2.45) is 0 Å². The second-order valence-corrected chi connectivity index (χ2v) is 6.57. The summed E-state index contributed by atoms with van der Waals surface area (Å²) in [4.78, 5) is 49.8. The van der Waals surface area contributed by atoms with Crippen LogP contribution in [0.2, 0.25) is 0 Å². The molecule has 140 valence electrons. The molecule has 1 aromatic rings. The first-order valence-corrected chi connectivity index (χ1v) is 8.70. The Morgan fingerprint density at radius 3 is 2.46 bits per heavy atom. The van der Waals surface area contributed by atoms with Gasteiger partial charge in [-0.05, 0) is 39.3 Å². The zero-order valence-electron chi connectivity index (χ0n) is 15.5. The number of esters is 1. The van der Waals surface area contributed by atoms with Gasteiger partial charge in [-0.2, -0.15) is 0 Å². The Hall–Kier alpha value is -2.70. The minimum atomic E-state index is -1.11. The third-order valence-electron chi connectivity index (χ3n) is 4.28. The number of rotatable bonds is 7. The van der Waals surface area contributed by atoms with Crippen LogP contribution in [0.5, 0.6) is 0 Å². The largest absolute Gasteiger partial charge is 0.454 e. The highest BCUT2D eigenvalue weighted by Crippen LogP contribution is 2.26. The molecule has 2 atom stereocenters. The Morgan fingerprint density at radius 1 is 1.15 bits per heavy atom. The zero-order valence-corrected chi connectivity index (χ0v) is 15.5. The molecule has 7 nitrogen and oxygen atoms in total. The Balaban J connectivity index is 1.98. The molecule has 3 amide bonds. The van der Waals surface area contributed by atoms with Crippen molar-refractivity contribution in [2.45, 2.75) is 52.6 Å². The van der Waals surface area contributed by atoms with Gasteiger partial charge in [0.25, 0.3) is 17.7 Å². The summed E-state index contributed by atoms with van der Waals surface area (Å²) in [5, 5.41) is 2.72. The predicted octanol–water partition coefficient (Wildman–Crippen LogP) is 1.83. The first-order chi connectivity index (χ1) is 12.3. The number of ether oxygens (including phenoxy) is 1. The van der Waals surface area contributed by atoms with E-state index < -0.39 is 36.3 Å². The normalized spacial score (nSPS) is 15.5. The molecule has 1 aliphatic heterocycles. The van der Waals surface area contributed by atoms with Crippen LogP contribution in [0.15, 0.2) is 18.2 Å². The van der Waals surface area contributed by atoms with Gasteiger partial charge in [-0.3, -0.25) is 19.3 Å². The number of amides is 3. The molecule has 0 radical (unpaired) electrons. The molecule has 0 spiro atoms. The smallest absolute Gasteiger partial charge is 0.329 e. The highest BCUT2D eigenvalue weighted by Gasteiger charge is 2.41. The van der Waals surface area contributed by atoms with Crippen LogP contribution in [0.4, 0.5) is 0 Å². The van der Waals surface area contributed by atoms with E-state index in [0.29, 0.717) is 0 Å². The first-order valence-electron chi connectivity index (χ1n) is 8.70. The molecule has 1 aromatic carbocycles. The standard InChI is InChI=1S/C19H24N2O5/c1-5-6-12(3)20-16(22)10-26-19(25)13(4)21-17(23)14-8-7-11(2)9-15(14)18(21)24/h7-9,12-13H,5-6,10H2,1-4H3,(H,20,22). The number of fused-ring (bicyclic) bond motifs is 1. The fourth-order valence-corrected chi connectivity index (χ4v) is 2.91. The summed E-state index contributed by atoms with van der Waals surface area (Å²) in [7, 11) is 0. The molecule has 7 heteroatoms. The van der Waals surface area contributed by atoms with Crippen molar-refractivity contribution in [1.82, 2.24) is 10.2 Å². The summed E-state index contributed by atoms with van der Waals surface area (Å²) >= 11 is 0. The summed E-state index contributed by atoms with van der Waals surface area (Å²) < 4.78 is 4.98. The number of carbonyl (C=O) groups excluding carboxylic acids is 4. The van der Waals surface area contributed by atoms with Gasteiger partial charge in [0.2, 0.25) is 0 Å². The van der Waals surface area contributed by atoms with E-state index in [-0.39, 0.29) is 17.2 Å². The second-order valence-electron chi connectivity index (χ2n) is 6.57. The van der Waals surface area contributed by atoms with E-state index in [1.54, 1.807) is 18.2 Å². The van der Waals surface area contributed by atoms with Gasteiger partial charge in [-0.15, -0.1) is 0 Å². The van der Waals surface area contributed by atoms with E-state index in [9.17, 15) is 19.2 Å². The molecule has 0 aromatic heterocycles. The number of benzene rings is 1. The van der Waals surface area contributed by atoms with Gasteiger partial charge < -0.3 is 10.1 Å². The maximum atomic E-state index is 12.5. The number of nitrogens with one attached hydrogen (secondary N) is 1. The number of hydrogen-bond donors (Lipinski definition) is 1. The average molecular weight is 360 g/mol. The number of imide groups is 1. The summed E-state index contributed by atoms with van der Waals surface area (Å²) in [5.41, 5.74) is 1.40. The van der Waals surface area contributed by atoms with Gasteiger partial charge in [-0.25, -0.2) is 4.79 Å². The number of nitrogens with zero attached hydrogens (tertiary/aromatic N) is 1. The quantitative estimate of drug-likeness (QED) is 0.591. The van der Waals surface area contributed by atoms with Crippen LogP contribution in [0.25, 0.3) is 0 Å². The fourth-order valence-electron chi connectivity index (χ4n) is 2.91.